The van der Waals surface area contributed by atoms with Gasteiger partial charge in [0.25, 0.3) is 0 Å². The van der Waals surface area contributed by atoms with E-state index in [2.05, 4.69) is 26.7 Å². The van der Waals surface area contributed by atoms with Crippen LogP contribution in [-0.4, -0.2) is 31.6 Å². The largest absolute Gasteiger partial charge is 0.102 e. The molecule has 0 N–H and O–H groups in total. The minimum atomic E-state index is 0.286. The predicted molar refractivity (Wildman–Crippen MR) is 63.4 cm³/mol. The second kappa shape index (κ2) is 4.39. The summed E-state index contributed by atoms with van der Waals surface area (Å²) in [6, 6.07) is 0. The number of hydrogen-bond acceptors (Lipinski definition) is 0. The molecule has 0 amide bonds. The third-order valence-corrected chi connectivity index (χ3v) is 9.94. The predicted octanol–water partition coefficient (Wildman–Crippen LogP) is 4.13. The second-order valence-electron chi connectivity index (χ2n) is 4.33. The maximum absolute atomic E-state index is 2.49. The molecule has 1 aliphatic rings. The normalized spacial score (nSPS) is 23.5. The van der Waals surface area contributed by atoms with Crippen LogP contribution < -0.4 is 0 Å². The Morgan fingerprint density at radius 2 is 1.17 bits per heavy atom. The Morgan fingerprint density at radius 3 is 1.42 bits per heavy atom. The minimum absolute atomic E-state index is 0.286. The Hall–Kier alpha value is 0.860. The zero-order chi connectivity index (χ0) is 9.19. The van der Waals surface area contributed by atoms with Crippen molar-refractivity contribution in [2.24, 2.45) is 0 Å². The van der Waals surface area contributed by atoms with Crippen LogP contribution in [0.15, 0.2) is 0 Å². The van der Waals surface area contributed by atoms with Gasteiger partial charge in [0.05, 0.1) is 0 Å². The fraction of sp³-hybridized carbons (Fsp3) is 1.00. The van der Waals surface area contributed by atoms with Crippen molar-refractivity contribution in [2.45, 2.75) is 37.0 Å². The van der Waals surface area contributed by atoms with Gasteiger partial charge in [-0.25, -0.2) is 0 Å². The Bertz CT molecular complexity index is 125. The number of rotatable bonds is 2. The molecule has 0 aromatic carbocycles. The average Bonchev–Trinajstić information content (AvgIpc) is 2.05. The highest BCUT2D eigenvalue weighted by Crippen LogP contribution is 2.66. The molecule has 0 spiro atoms. The zero-order valence-electron chi connectivity index (χ0n) is 8.93. The smallest absolute Gasteiger partial charge is 0.00961 e. The van der Waals surface area contributed by atoms with Crippen molar-refractivity contribution in [3.05, 3.63) is 0 Å². The molecule has 1 saturated carbocycles. The van der Waals surface area contributed by atoms with Gasteiger partial charge in [0.2, 0.25) is 0 Å². The molecule has 0 aromatic heterocycles. The molecule has 1 aliphatic carbocycles. The van der Waals surface area contributed by atoms with Crippen molar-refractivity contribution in [3.8, 4) is 0 Å². The maximum atomic E-state index is 2.49. The van der Waals surface area contributed by atoms with E-state index in [1.165, 1.54) is 32.1 Å². The summed E-state index contributed by atoms with van der Waals surface area (Å²) in [5.41, 5.74) is 0. The second-order valence-corrected chi connectivity index (χ2v) is 9.97. The summed E-state index contributed by atoms with van der Waals surface area (Å²) in [5, 5.41) is 0. The molecule has 0 unspecified atom stereocenters. The molecule has 0 bridgehead atoms. The fourth-order valence-electron chi connectivity index (χ4n) is 2.41. The lowest BCUT2D eigenvalue weighted by atomic mass is 9.99. The summed E-state index contributed by atoms with van der Waals surface area (Å²) < 4.78 is 0. The molecule has 0 atom stereocenters. The fourth-order valence-corrected chi connectivity index (χ4v) is 8.03. The third-order valence-electron chi connectivity index (χ3n) is 3.32. The first-order valence-electron chi connectivity index (χ1n) is 4.94. The SMILES string of the molecule is CP(C)C1(P(C)C)CCCCC1. The molecular weight excluding hydrogens is 182 g/mol. The lowest BCUT2D eigenvalue weighted by Crippen LogP contribution is -2.26. The first kappa shape index (κ1) is 10.9. The average molecular weight is 204 g/mol. The van der Waals surface area contributed by atoms with Crippen LogP contribution >= 0.6 is 15.8 Å². The van der Waals surface area contributed by atoms with E-state index < -0.39 is 0 Å². The molecular formula is C10H22P2. The van der Waals surface area contributed by atoms with E-state index in [1.807, 2.05) is 0 Å². The summed E-state index contributed by atoms with van der Waals surface area (Å²) in [7, 11) is 0.573. The van der Waals surface area contributed by atoms with Crippen LogP contribution in [0, 0.1) is 0 Å². The Balaban J connectivity index is 2.70. The van der Waals surface area contributed by atoms with Crippen LogP contribution in [0.2, 0.25) is 0 Å². The minimum Gasteiger partial charge on any atom is -0.102 e. The summed E-state index contributed by atoms with van der Waals surface area (Å²) >= 11 is 0. The molecule has 0 saturated heterocycles. The Kier molecular flexibility index (Phi) is 4.00. The van der Waals surface area contributed by atoms with E-state index >= 15 is 0 Å². The Labute approximate surface area is 80.0 Å². The zero-order valence-corrected chi connectivity index (χ0v) is 10.7. The summed E-state index contributed by atoms with van der Waals surface area (Å²) in [4.78, 5) is 0.808. The van der Waals surface area contributed by atoms with E-state index in [1.54, 1.807) is 0 Å². The molecule has 12 heavy (non-hydrogen) atoms. The number of hydrogen-bond donors (Lipinski definition) is 0. The Morgan fingerprint density at radius 1 is 0.750 bits per heavy atom. The van der Waals surface area contributed by atoms with Gasteiger partial charge in [-0.15, -0.1) is 15.8 Å². The van der Waals surface area contributed by atoms with Gasteiger partial charge in [-0.3, -0.25) is 0 Å². The molecule has 0 nitrogen and oxygen atoms in total. The van der Waals surface area contributed by atoms with Crippen LogP contribution in [0.1, 0.15) is 32.1 Å². The standard InChI is InChI=1S/C10H22P2/c1-11(2)10(12(3)4)8-6-5-7-9-10/h5-9H2,1-4H3. The highest BCUT2D eigenvalue weighted by molar-refractivity contribution is 7.76. The van der Waals surface area contributed by atoms with Gasteiger partial charge in [-0.1, -0.05) is 19.3 Å². The van der Waals surface area contributed by atoms with E-state index in [9.17, 15) is 0 Å². The molecule has 0 aromatic rings. The van der Waals surface area contributed by atoms with Gasteiger partial charge in [-0.05, 0) is 39.5 Å². The van der Waals surface area contributed by atoms with Crippen LogP contribution in [0.4, 0.5) is 0 Å². The lowest BCUT2D eigenvalue weighted by Gasteiger charge is -2.45. The van der Waals surface area contributed by atoms with Crippen molar-refractivity contribution in [1.29, 1.82) is 0 Å². The molecule has 1 rings (SSSR count). The molecule has 2 heteroatoms. The molecule has 0 radical (unpaired) electrons. The van der Waals surface area contributed by atoms with Crippen molar-refractivity contribution >= 4 is 15.8 Å². The van der Waals surface area contributed by atoms with Crippen molar-refractivity contribution in [3.63, 3.8) is 0 Å². The van der Waals surface area contributed by atoms with Gasteiger partial charge in [-0.2, -0.15) is 0 Å². The van der Waals surface area contributed by atoms with Gasteiger partial charge in [0, 0.05) is 4.90 Å². The highest BCUT2D eigenvalue weighted by atomic mass is 31.2. The van der Waals surface area contributed by atoms with Crippen LogP contribution in [-0.2, 0) is 0 Å². The van der Waals surface area contributed by atoms with Crippen LogP contribution in [0.5, 0.6) is 0 Å². The van der Waals surface area contributed by atoms with Gasteiger partial charge < -0.3 is 0 Å². The molecule has 0 aliphatic heterocycles. The van der Waals surface area contributed by atoms with E-state index in [0.717, 1.165) is 4.90 Å². The van der Waals surface area contributed by atoms with Crippen LogP contribution in [0.25, 0.3) is 0 Å². The molecule has 72 valence electrons. The van der Waals surface area contributed by atoms with Gasteiger partial charge in [0.1, 0.15) is 0 Å². The first-order valence-corrected chi connectivity index (χ1v) is 9.42. The summed E-state index contributed by atoms with van der Waals surface area (Å²) in [6.07, 6.45) is 7.56. The third kappa shape index (κ3) is 2.02. The monoisotopic (exact) mass is 204 g/mol. The topological polar surface area (TPSA) is 0 Å². The quantitative estimate of drug-likeness (QED) is 0.593. The molecule has 1 fully saturated rings. The van der Waals surface area contributed by atoms with E-state index in [4.69, 9.17) is 0 Å². The van der Waals surface area contributed by atoms with E-state index in [-0.39, 0.29) is 15.8 Å². The lowest BCUT2D eigenvalue weighted by molar-refractivity contribution is 0.481. The van der Waals surface area contributed by atoms with E-state index in [0.29, 0.717) is 0 Å². The van der Waals surface area contributed by atoms with Crippen LogP contribution in [0.3, 0.4) is 0 Å². The summed E-state index contributed by atoms with van der Waals surface area (Å²) in [6.45, 7) is 9.96. The van der Waals surface area contributed by atoms with Gasteiger partial charge in [0.15, 0.2) is 0 Å². The maximum Gasteiger partial charge on any atom is 0.00961 e. The summed E-state index contributed by atoms with van der Waals surface area (Å²) in [5.74, 6) is 0. The van der Waals surface area contributed by atoms with Crippen molar-refractivity contribution < 1.29 is 0 Å². The molecule has 0 heterocycles. The van der Waals surface area contributed by atoms with Gasteiger partial charge >= 0.3 is 0 Å². The first-order chi connectivity index (χ1) is 5.59. The van der Waals surface area contributed by atoms with Crippen molar-refractivity contribution in [1.82, 2.24) is 0 Å². The highest BCUT2D eigenvalue weighted by Gasteiger charge is 2.37. The van der Waals surface area contributed by atoms with Crippen molar-refractivity contribution in [2.75, 3.05) is 26.7 Å².